The summed E-state index contributed by atoms with van der Waals surface area (Å²) in [6.07, 6.45) is 3.52. The summed E-state index contributed by atoms with van der Waals surface area (Å²) in [5, 5.41) is 6.62. The van der Waals surface area contributed by atoms with Gasteiger partial charge in [-0.1, -0.05) is 11.6 Å². The Morgan fingerprint density at radius 1 is 1.64 bits per heavy atom. The fourth-order valence-electron chi connectivity index (χ4n) is 1.87. The van der Waals surface area contributed by atoms with E-state index in [0.717, 1.165) is 24.5 Å². The molecule has 14 heavy (non-hydrogen) atoms. The average Bonchev–Trinajstić information content (AvgIpc) is 2.72. The van der Waals surface area contributed by atoms with E-state index in [-0.39, 0.29) is 0 Å². The zero-order valence-electron chi connectivity index (χ0n) is 7.87. The van der Waals surface area contributed by atoms with E-state index in [0.29, 0.717) is 17.1 Å². The monoisotopic (exact) mass is 231 g/mol. The van der Waals surface area contributed by atoms with E-state index in [4.69, 9.17) is 17.3 Å². The van der Waals surface area contributed by atoms with Gasteiger partial charge in [0.25, 0.3) is 0 Å². The molecule has 1 aliphatic rings. The van der Waals surface area contributed by atoms with Gasteiger partial charge in [0.2, 0.25) is 0 Å². The molecule has 1 aromatic rings. The molecule has 0 saturated heterocycles. The number of anilines is 1. The molecular formula is C9H14ClN3S. The van der Waals surface area contributed by atoms with Crippen LogP contribution in [0.5, 0.6) is 0 Å². The fraction of sp³-hybridized carbons (Fsp3) is 0.667. The van der Waals surface area contributed by atoms with Crippen molar-refractivity contribution in [3.8, 4) is 0 Å². The standard InChI is InChI=1S/C9H14ClN3S/c10-8-5-14-9(13-8)12-4-6-1-2-7(11)3-6/h5-7H,1-4,11H2,(H,12,13). The van der Waals surface area contributed by atoms with Gasteiger partial charge >= 0.3 is 0 Å². The second kappa shape index (κ2) is 4.47. The van der Waals surface area contributed by atoms with Crippen molar-refractivity contribution in [2.45, 2.75) is 25.3 Å². The van der Waals surface area contributed by atoms with Gasteiger partial charge in [-0.15, -0.1) is 11.3 Å². The summed E-state index contributed by atoms with van der Waals surface area (Å²) in [5.74, 6) is 0.702. The molecule has 1 saturated carbocycles. The highest BCUT2D eigenvalue weighted by Gasteiger charge is 2.21. The number of nitrogens with two attached hydrogens (primary N) is 1. The molecule has 78 valence electrons. The van der Waals surface area contributed by atoms with Gasteiger partial charge in [0.15, 0.2) is 5.13 Å². The molecule has 0 amide bonds. The number of thiazole rings is 1. The number of hydrogen-bond donors (Lipinski definition) is 2. The quantitative estimate of drug-likeness (QED) is 0.840. The van der Waals surface area contributed by atoms with Gasteiger partial charge in [0.05, 0.1) is 0 Å². The Kier molecular flexibility index (Phi) is 3.26. The second-order valence-corrected chi connectivity index (χ2v) is 5.04. The summed E-state index contributed by atoms with van der Waals surface area (Å²) in [4.78, 5) is 4.13. The molecule has 3 nitrogen and oxygen atoms in total. The minimum Gasteiger partial charge on any atom is -0.361 e. The van der Waals surface area contributed by atoms with Crippen LogP contribution in [-0.2, 0) is 0 Å². The third-order valence-corrected chi connectivity index (χ3v) is 3.72. The minimum absolute atomic E-state index is 0.404. The minimum atomic E-state index is 0.404. The largest absolute Gasteiger partial charge is 0.361 e. The highest BCUT2D eigenvalue weighted by atomic mass is 35.5. The Hall–Kier alpha value is -0.320. The molecule has 5 heteroatoms. The number of nitrogens with zero attached hydrogens (tertiary/aromatic N) is 1. The van der Waals surface area contributed by atoms with E-state index >= 15 is 0 Å². The molecule has 2 unspecified atom stereocenters. The van der Waals surface area contributed by atoms with Crippen molar-refractivity contribution in [2.75, 3.05) is 11.9 Å². The lowest BCUT2D eigenvalue weighted by Gasteiger charge is -2.09. The van der Waals surface area contributed by atoms with E-state index in [2.05, 4.69) is 10.3 Å². The number of halogens is 1. The number of rotatable bonds is 3. The molecule has 0 aromatic carbocycles. The van der Waals surface area contributed by atoms with Crippen LogP contribution in [0.15, 0.2) is 5.38 Å². The van der Waals surface area contributed by atoms with E-state index in [1.54, 1.807) is 11.3 Å². The van der Waals surface area contributed by atoms with E-state index < -0.39 is 0 Å². The molecule has 0 spiro atoms. The lowest BCUT2D eigenvalue weighted by Crippen LogP contribution is -2.17. The van der Waals surface area contributed by atoms with Crippen LogP contribution in [0.3, 0.4) is 0 Å². The van der Waals surface area contributed by atoms with E-state index in [9.17, 15) is 0 Å². The van der Waals surface area contributed by atoms with Gasteiger partial charge in [0.1, 0.15) is 5.15 Å². The van der Waals surface area contributed by atoms with Crippen molar-refractivity contribution in [2.24, 2.45) is 11.7 Å². The van der Waals surface area contributed by atoms with Crippen LogP contribution in [0.4, 0.5) is 5.13 Å². The smallest absolute Gasteiger partial charge is 0.184 e. The van der Waals surface area contributed by atoms with Gasteiger partial charge < -0.3 is 11.1 Å². The zero-order chi connectivity index (χ0) is 9.97. The Labute approximate surface area is 92.7 Å². The van der Waals surface area contributed by atoms with Crippen molar-refractivity contribution in [1.82, 2.24) is 4.98 Å². The van der Waals surface area contributed by atoms with Gasteiger partial charge in [-0.2, -0.15) is 0 Å². The normalized spacial score (nSPS) is 26.7. The van der Waals surface area contributed by atoms with E-state index in [1.807, 2.05) is 5.38 Å². The average molecular weight is 232 g/mol. The lowest BCUT2D eigenvalue weighted by atomic mass is 10.1. The first kappa shape index (κ1) is 10.2. The molecule has 2 rings (SSSR count). The van der Waals surface area contributed by atoms with Crippen molar-refractivity contribution in [3.05, 3.63) is 10.5 Å². The Morgan fingerprint density at radius 3 is 3.07 bits per heavy atom. The molecule has 3 N–H and O–H groups in total. The summed E-state index contributed by atoms with van der Waals surface area (Å²) >= 11 is 7.27. The van der Waals surface area contributed by atoms with Crippen molar-refractivity contribution in [3.63, 3.8) is 0 Å². The van der Waals surface area contributed by atoms with Crippen LogP contribution < -0.4 is 11.1 Å². The maximum atomic E-state index is 5.84. The summed E-state index contributed by atoms with van der Waals surface area (Å²) in [5.41, 5.74) is 5.84. The van der Waals surface area contributed by atoms with Gasteiger partial charge in [-0.3, -0.25) is 0 Å². The van der Waals surface area contributed by atoms with Crippen LogP contribution >= 0.6 is 22.9 Å². The van der Waals surface area contributed by atoms with E-state index in [1.165, 1.54) is 6.42 Å². The predicted molar refractivity (Wildman–Crippen MR) is 60.9 cm³/mol. The summed E-state index contributed by atoms with van der Waals surface area (Å²) in [6.45, 7) is 0.970. The number of nitrogens with one attached hydrogen (secondary N) is 1. The van der Waals surface area contributed by atoms with Gasteiger partial charge in [-0.05, 0) is 25.2 Å². The highest BCUT2D eigenvalue weighted by Crippen LogP contribution is 2.25. The predicted octanol–water partition coefficient (Wildman–Crippen LogP) is 2.34. The van der Waals surface area contributed by atoms with Crippen molar-refractivity contribution in [1.29, 1.82) is 0 Å². The molecule has 0 aliphatic heterocycles. The lowest BCUT2D eigenvalue weighted by molar-refractivity contribution is 0.565. The fourth-order valence-corrected chi connectivity index (χ4v) is 2.71. The number of hydrogen-bond acceptors (Lipinski definition) is 4. The highest BCUT2D eigenvalue weighted by molar-refractivity contribution is 7.14. The van der Waals surface area contributed by atoms with Crippen LogP contribution in [0.1, 0.15) is 19.3 Å². The Morgan fingerprint density at radius 2 is 2.50 bits per heavy atom. The van der Waals surface area contributed by atoms with Crippen LogP contribution in [0.2, 0.25) is 5.15 Å². The zero-order valence-corrected chi connectivity index (χ0v) is 9.44. The molecule has 0 bridgehead atoms. The molecule has 2 atom stereocenters. The molecule has 0 radical (unpaired) electrons. The first-order valence-corrected chi connectivity index (χ1v) is 6.10. The third kappa shape index (κ3) is 2.59. The first-order chi connectivity index (χ1) is 6.74. The topological polar surface area (TPSA) is 50.9 Å². The second-order valence-electron chi connectivity index (χ2n) is 3.80. The maximum Gasteiger partial charge on any atom is 0.184 e. The summed E-state index contributed by atoms with van der Waals surface area (Å²) in [6, 6.07) is 0.404. The van der Waals surface area contributed by atoms with Crippen LogP contribution in [0.25, 0.3) is 0 Å². The summed E-state index contributed by atoms with van der Waals surface area (Å²) in [7, 11) is 0. The first-order valence-electron chi connectivity index (χ1n) is 4.84. The van der Waals surface area contributed by atoms with Crippen molar-refractivity contribution >= 4 is 28.1 Å². The maximum absolute atomic E-state index is 5.84. The van der Waals surface area contributed by atoms with Crippen LogP contribution in [0, 0.1) is 5.92 Å². The molecular weight excluding hydrogens is 218 g/mol. The van der Waals surface area contributed by atoms with Crippen LogP contribution in [-0.4, -0.2) is 17.6 Å². The number of aromatic nitrogens is 1. The molecule has 1 fully saturated rings. The van der Waals surface area contributed by atoms with Gasteiger partial charge in [-0.25, -0.2) is 4.98 Å². The summed E-state index contributed by atoms with van der Waals surface area (Å²) < 4.78 is 0. The molecule has 1 aromatic heterocycles. The Balaban J connectivity index is 1.77. The van der Waals surface area contributed by atoms with Crippen molar-refractivity contribution < 1.29 is 0 Å². The molecule has 1 aliphatic carbocycles. The third-order valence-electron chi connectivity index (χ3n) is 2.60. The SMILES string of the molecule is NC1CCC(CNc2nc(Cl)cs2)C1. The molecule has 1 heterocycles. The van der Waals surface area contributed by atoms with Gasteiger partial charge in [0, 0.05) is 18.0 Å². The Bertz CT molecular complexity index is 302.